The highest BCUT2D eigenvalue weighted by Gasteiger charge is 2.15. The van der Waals surface area contributed by atoms with Crippen molar-refractivity contribution in [3.63, 3.8) is 0 Å². The number of ether oxygens (including phenoxy) is 1. The zero-order valence-electron chi connectivity index (χ0n) is 17.4. The van der Waals surface area contributed by atoms with E-state index in [2.05, 4.69) is 36.1 Å². The van der Waals surface area contributed by atoms with Gasteiger partial charge in [0.15, 0.2) is 6.61 Å². The summed E-state index contributed by atoms with van der Waals surface area (Å²) in [7, 11) is 0. The molecule has 8 nitrogen and oxygen atoms in total. The van der Waals surface area contributed by atoms with Gasteiger partial charge in [-0.25, -0.2) is 4.79 Å². The molecular weight excluding hydrogens is 384 g/mol. The zero-order valence-corrected chi connectivity index (χ0v) is 17.4. The van der Waals surface area contributed by atoms with Gasteiger partial charge >= 0.3 is 5.97 Å². The van der Waals surface area contributed by atoms with Crippen LogP contribution in [0, 0.1) is 0 Å². The van der Waals surface area contributed by atoms with E-state index < -0.39 is 18.5 Å². The Hall–Kier alpha value is -3.55. The first-order chi connectivity index (χ1) is 14.5. The van der Waals surface area contributed by atoms with Crippen LogP contribution in [0.1, 0.15) is 37.1 Å². The summed E-state index contributed by atoms with van der Waals surface area (Å²) in [5.74, 6) is -0.501. The van der Waals surface area contributed by atoms with Gasteiger partial charge in [-0.15, -0.1) is 0 Å². The maximum atomic E-state index is 12.1. The van der Waals surface area contributed by atoms with Gasteiger partial charge in [-0.1, -0.05) is 0 Å². The summed E-state index contributed by atoms with van der Waals surface area (Å²) in [5.41, 5.74) is 1.72. The van der Waals surface area contributed by atoms with Gasteiger partial charge in [0.2, 0.25) is 5.76 Å². The van der Waals surface area contributed by atoms with Gasteiger partial charge in [0.05, 0.1) is 6.54 Å². The van der Waals surface area contributed by atoms with Crippen molar-refractivity contribution < 1.29 is 18.7 Å². The number of benzene rings is 1. The van der Waals surface area contributed by atoms with Crippen molar-refractivity contribution in [2.45, 2.75) is 33.4 Å². The molecule has 0 unspecified atom stereocenters. The Balaban J connectivity index is 1.48. The summed E-state index contributed by atoms with van der Waals surface area (Å²) >= 11 is 0. The summed E-state index contributed by atoms with van der Waals surface area (Å²) in [6, 6.07) is 12.9. The predicted octanol–water partition coefficient (Wildman–Crippen LogP) is 3.55. The molecule has 0 atom stereocenters. The van der Waals surface area contributed by atoms with Crippen LogP contribution in [0.4, 0.5) is 11.4 Å². The van der Waals surface area contributed by atoms with Crippen LogP contribution in [-0.4, -0.2) is 40.9 Å². The fraction of sp³-hybridized carbons (Fsp3) is 0.318. The number of amides is 1. The fourth-order valence-electron chi connectivity index (χ4n) is 3.11. The molecule has 0 aliphatic heterocycles. The van der Waals surface area contributed by atoms with Gasteiger partial charge < -0.3 is 19.4 Å². The van der Waals surface area contributed by atoms with Crippen molar-refractivity contribution in [3.05, 3.63) is 66.4 Å². The molecule has 0 saturated carbocycles. The third-order valence-electron chi connectivity index (χ3n) is 4.52. The standard InChI is InChI=1S/C22H26N4O4/c1-4-26(16(2)3)18-8-6-17(7-9-18)24-21(27)15-29-22(28)20-11-10-19(30-20)14-25-13-5-12-23-25/h5-13,16H,4,14-15H2,1-3H3,(H,24,27). The Morgan fingerprint density at radius 2 is 1.97 bits per heavy atom. The number of aromatic nitrogens is 2. The maximum Gasteiger partial charge on any atom is 0.374 e. The Bertz CT molecular complexity index is 961. The lowest BCUT2D eigenvalue weighted by Gasteiger charge is -2.27. The molecule has 158 valence electrons. The number of anilines is 2. The van der Waals surface area contributed by atoms with Crippen molar-refractivity contribution in [2.75, 3.05) is 23.4 Å². The number of hydrogen-bond donors (Lipinski definition) is 1. The minimum atomic E-state index is -0.692. The second-order valence-electron chi connectivity index (χ2n) is 7.02. The third-order valence-corrected chi connectivity index (χ3v) is 4.52. The van der Waals surface area contributed by atoms with Gasteiger partial charge in [-0.05, 0) is 63.2 Å². The molecule has 0 fully saturated rings. The van der Waals surface area contributed by atoms with E-state index in [1.807, 2.05) is 24.3 Å². The third kappa shape index (κ3) is 5.50. The van der Waals surface area contributed by atoms with Gasteiger partial charge in [-0.2, -0.15) is 5.10 Å². The van der Waals surface area contributed by atoms with Crippen molar-refractivity contribution in [1.29, 1.82) is 0 Å². The smallest absolute Gasteiger partial charge is 0.374 e. The highest BCUT2D eigenvalue weighted by Crippen LogP contribution is 2.20. The molecule has 1 aromatic carbocycles. The minimum absolute atomic E-state index is 0.0441. The van der Waals surface area contributed by atoms with Gasteiger partial charge in [0.1, 0.15) is 5.76 Å². The molecule has 0 aliphatic carbocycles. The molecule has 1 N–H and O–H groups in total. The van der Waals surface area contributed by atoms with Crippen LogP contribution >= 0.6 is 0 Å². The average molecular weight is 410 g/mol. The number of carbonyl (C=O) groups is 2. The molecule has 0 aliphatic rings. The largest absolute Gasteiger partial charge is 0.452 e. The van der Waals surface area contributed by atoms with Gasteiger partial charge in [0.25, 0.3) is 5.91 Å². The molecule has 3 rings (SSSR count). The monoisotopic (exact) mass is 410 g/mol. The van der Waals surface area contributed by atoms with E-state index in [9.17, 15) is 9.59 Å². The predicted molar refractivity (Wildman–Crippen MR) is 114 cm³/mol. The first-order valence-electron chi connectivity index (χ1n) is 9.86. The molecule has 0 spiro atoms. The Morgan fingerprint density at radius 1 is 1.20 bits per heavy atom. The van der Waals surface area contributed by atoms with E-state index in [1.54, 1.807) is 29.2 Å². The molecule has 2 heterocycles. The number of esters is 1. The normalized spacial score (nSPS) is 10.8. The SMILES string of the molecule is CCN(c1ccc(NC(=O)COC(=O)c2ccc(Cn3cccn3)o2)cc1)C(C)C. The van der Waals surface area contributed by atoms with E-state index in [-0.39, 0.29) is 5.76 Å². The maximum absolute atomic E-state index is 12.1. The highest BCUT2D eigenvalue weighted by atomic mass is 16.5. The van der Waals surface area contributed by atoms with Crippen molar-refractivity contribution in [3.8, 4) is 0 Å². The first kappa shape index (κ1) is 21.2. The highest BCUT2D eigenvalue weighted by molar-refractivity contribution is 5.94. The number of furan rings is 1. The lowest BCUT2D eigenvalue weighted by molar-refractivity contribution is -0.119. The Labute approximate surface area is 175 Å². The van der Waals surface area contributed by atoms with Crippen LogP contribution in [0.3, 0.4) is 0 Å². The molecule has 3 aromatic rings. The lowest BCUT2D eigenvalue weighted by atomic mass is 10.2. The molecule has 0 bridgehead atoms. The number of nitrogens with one attached hydrogen (secondary N) is 1. The molecule has 1 amide bonds. The van der Waals surface area contributed by atoms with Crippen molar-refractivity contribution >= 4 is 23.3 Å². The Kier molecular flexibility index (Phi) is 6.90. The summed E-state index contributed by atoms with van der Waals surface area (Å²) in [4.78, 5) is 26.5. The van der Waals surface area contributed by atoms with E-state index in [0.29, 0.717) is 24.0 Å². The van der Waals surface area contributed by atoms with Crippen LogP contribution in [0.2, 0.25) is 0 Å². The molecule has 30 heavy (non-hydrogen) atoms. The number of carbonyl (C=O) groups excluding carboxylic acids is 2. The van der Waals surface area contributed by atoms with Crippen LogP contribution in [0.5, 0.6) is 0 Å². The Morgan fingerprint density at radius 3 is 2.60 bits per heavy atom. The fourth-order valence-corrected chi connectivity index (χ4v) is 3.11. The molecule has 8 heteroatoms. The minimum Gasteiger partial charge on any atom is -0.452 e. The first-order valence-corrected chi connectivity index (χ1v) is 9.86. The second-order valence-corrected chi connectivity index (χ2v) is 7.02. The topological polar surface area (TPSA) is 89.6 Å². The van der Waals surface area contributed by atoms with Crippen LogP contribution in [0.25, 0.3) is 0 Å². The molecule has 0 saturated heterocycles. The van der Waals surface area contributed by atoms with Crippen LogP contribution in [-0.2, 0) is 16.1 Å². The molecular formula is C22H26N4O4. The van der Waals surface area contributed by atoms with E-state index >= 15 is 0 Å². The quantitative estimate of drug-likeness (QED) is 0.543. The van der Waals surface area contributed by atoms with Crippen molar-refractivity contribution in [2.24, 2.45) is 0 Å². The number of hydrogen-bond acceptors (Lipinski definition) is 6. The summed E-state index contributed by atoms with van der Waals surface area (Å²) in [5, 5.41) is 6.80. The summed E-state index contributed by atoms with van der Waals surface area (Å²) in [6.45, 7) is 7.27. The van der Waals surface area contributed by atoms with E-state index in [4.69, 9.17) is 9.15 Å². The summed E-state index contributed by atoms with van der Waals surface area (Å²) < 4.78 is 12.2. The van der Waals surface area contributed by atoms with E-state index in [0.717, 1.165) is 12.2 Å². The van der Waals surface area contributed by atoms with Crippen molar-refractivity contribution in [1.82, 2.24) is 9.78 Å². The van der Waals surface area contributed by atoms with Gasteiger partial charge in [0, 0.05) is 36.4 Å². The number of rotatable bonds is 9. The van der Waals surface area contributed by atoms with Crippen LogP contribution in [0.15, 0.2) is 59.3 Å². The molecule has 2 aromatic heterocycles. The van der Waals surface area contributed by atoms with Crippen LogP contribution < -0.4 is 10.2 Å². The second kappa shape index (κ2) is 9.78. The van der Waals surface area contributed by atoms with Gasteiger partial charge in [-0.3, -0.25) is 9.48 Å². The molecule has 0 radical (unpaired) electrons. The lowest BCUT2D eigenvalue weighted by Crippen LogP contribution is -2.30. The summed E-state index contributed by atoms with van der Waals surface area (Å²) in [6.07, 6.45) is 3.45. The average Bonchev–Trinajstić information content (AvgIpc) is 3.40. The number of nitrogens with zero attached hydrogens (tertiary/aromatic N) is 3. The zero-order chi connectivity index (χ0) is 21.5. The van der Waals surface area contributed by atoms with E-state index in [1.165, 1.54) is 6.07 Å².